The van der Waals surface area contributed by atoms with Gasteiger partial charge in [0.25, 0.3) is 0 Å². The van der Waals surface area contributed by atoms with Crippen LogP contribution in [0.25, 0.3) is 0 Å². The van der Waals surface area contributed by atoms with E-state index in [0.717, 1.165) is 31.1 Å². The number of nitrogens with zero attached hydrogens (tertiary/aromatic N) is 4. The van der Waals surface area contributed by atoms with Crippen LogP contribution in [0.5, 0.6) is 0 Å². The first-order chi connectivity index (χ1) is 10.3. The lowest BCUT2D eigenvalue weighted by Crippen LogP contribution is -2.33. The van der Waals surface area contributed by atoms with Gasteiger partial charge in [-0.05, 0) is 24.3 Å². The van der Waals surface area contributed by atoms with Gasteiger partial charge in [-0.3, -0.25) is 9.78 Å². The quantitative estimate of drug-likeness (QED) is 0.838. The van der Waals surface area contributed by atoms with Crippen molar-refractivity contribution in [2.45, 2.75) is 0 Å². The van der Waals surface area contributed by atoms with Gasteiger partial charge in [-0.15, -0.1) is 0 Å². The number of hydrogen-bond donors (Lipinski definition) is 0. The fourth-order valence-electron chi connectivity index (χ4n) is 3.33. The van der Waals surface area contributed by atoms with Crippen molar-refractivity contribution in [2.75, 3.05) is 29.4 Å². The van der Waals surface area contributed by atoms with E-state index in [9.17, 15) is 4.79 Å². The molecule has 2 fully saturated rings. The lowest BCUT2D eigenvalue weighted by Gasteiger charge is -2.22. The largest absolute Gasteiger partial charge is 0.355 e. The molecule has 106 valence electrons. The van der Waals surface area contributed by atoms with Crippen LogP contribution in [0.15, 0.2) is 48.9 Å². The lowest BCUT2D eigenvalue weighted by atomic mass is 10.0. The van der Waals surface area contributed by atoms with E-state index in [0.29, 0.717) is 5.92 Å². The normalized spacial score (nSPS) is 24.5. The Morgan fingerprint density at radius 2 is 2.00 bits per heavy atom. The SMILES string of the molecule is O=C1[C@@H]2CN(c3ccccn3)C[C@@H]2CN1c1cccnc1. The molecule has 0 aliphatic carbocycles. The number of carbonyl (C=O) groups excluding carboxylic acids is 1. The van der Waals surface area contributed by atoms with Crippen LogP contribution in [0.3, 0.4) is 0 Å². The van der Waals surface area contributed by atoms with Gasteiger partial charge in [0, 0.05) is 37.9 Å². The second-order valence-corrected chi connectivity index (χ2v) is 5.62. The van der Waals surface area contributed by atoms with Gasteiger partial charge in [0.15, 0.2) is 0 Å². The van der Waals surface area contributed by atoms with Crippen molar-refractivity contribution >= 4 is 17.4 Å². The molecule has 21 heavy (non-hydrogen) atoms. The molecule has 2 aromatic heterocycles. The molecule has 2 aromatic rings. The fraction of sp³-hybridized carbons (Fsp3) is 0.312. The molecule has 2 atom stereocenters. The van der Waals surface area contributed by atoms with Crippen molar-refractivity contribution in [3.8, 4) is 0 Å². The van der Waals surface area contributed by atoms with Crippen LogP contribution in [0.4, 0.5) is 11.5 Å². The monoisotopic (exact) mass is 280 g/mol. The first-order valence-electron chi connectivity index (χ1n) is 7.20. The molecule has 0 aromatic carbocycles. The Bertz CT molecular complexity index is 646. The van der Waals surface area contributed by atoms with Crippen molar-refractivity contribution < 1.29 is 4.79 Å². The summed E-state index contributed by atoms with van der Waals surface area (Å²) in [7, 11) is 0. The maximum Gasteiger partial charge on any atom is 0.232 e. The molecular weight excluding hydrogens is 264 g/mol. The first kappa shape index (κ1) is 12.3. The molecule has 0 N–H and O–H groups in total. The van der Waals surface area contributed by atoms with Gasteiger partial charge in [-0.1, -0.05) is 6.07 Å². The highest BCUT2D eigenvalue weighted by Crippen LogP contribution is 2.36. The maximum atomic E-state index is 12.6. The average Bonchev–Trinajstić information content (AvgIpc) is 3.09. The smallest absolute Gasteiger partial charge is 0.232 e. The Labute approximate surface area is 123 Å². The number of fused-ring (bicyclic) bond motifs is 1. The standard InChI is InChI=1S/C16H16N4O/c21-16-14-11-19(15-5-1-2-7-18-15)9-12(14)10-20(16)13-4-3-6-17-8-13/h1-8,12,14H,9-11H2/t12-,14-/m1/s1. The highest BCUT2D eigenvalue weighted by molar-refractivity contribution is 5.98. The summed E-state index contributed by atoms with van der Waals surface area (Å²) in [5.74, 6) is 1.63. The van der Waals surface area contributed by atoms with Crippen LogP contribution in [0, 0.1) is 11.8 Å². The minimum atomic E-state index is 0.0761. The second kappa shape index (κ2) is 4.84. The number of hydrogen-bond acceptors (Lipinski definition) is 4. The van der Waals surface area contributed by atoms with Crippen LogP contribution < -0.4 is 9.80 Å². The van der Waals surface area contributed by atoms with Crippen LogP contribution in [0.1, 0.15) is 0 Å². The van der Waals surface area contributed by atoms with Crippen LogP contribution >= 0.6 is 0 Å². The molecule has 0 bridgehead atoms. The molecule has 2 aliphatic rings. The Morgan fingerprint density at radius 1 is 1.05 bits per heavy atom. The minimum absolute atomic E-state index is 0.0761. The molecule has 5 nitrogen and oxygen atoms in total. The Balaban J connectivity index is 1.53. The van der Waals surface area contributed by atoms with E-state index >= 15 is 0 Å². The van der Waals surface area contributed by atoms with Gasteiger partial charge in [-0.25, -0.2) is 4.98 Å². The Morgan fingerprint density at radius 3 is 2.71 bits per heavy atom. The zero-order valence-electron chi connectivity index (χ0n) is 11.6. The van der Waals surface area contributed by atoms with Crippen LogP contribution in [-0.4, -0.2) is 35.5 Å². The van der Waals surface area contributed by atoms with E-state index in [2.05, 4.69) is 14.9 Å². The minimum Gasteiger partial charge on any atom is -0.355 e. The van der Waals surface area contributed by atoms with Crippen LogP contribution in [0.2, 0.25) is 0 Å². The topological polar surface area (TPSA) is 49.3 Å². The third-order valence-corrected chi connectivity index (χ3v) is 4.37. The molecular formula is C16H16N4O. The number of amides is 1. The van der Waals surface area contributed by atoms with Crippen LogP contribution in [-0.2, 0) is 4.79 Å². The van der Waals surface area contributed by atoms with E-state index in [1.54, 1.807) is 18.6 Å². The van der Waals surface area contributed by atoms with Crippen molar-refractivity contribution in [1.29, 1.82) is 0 Å². The molecule has 5 heteroatoms. The van der Waals surface area contributed by atoms with Gasteiger partial charge in [0.1, 0.15) is 5.82 Å². The summed E-state index contributed by atoms with van der Waals surface area (Å²) in [6.07, 6.45) is 5.29. The third-order valence-electron chi connectivity index (χ3n) is 4.37. The number of carbonyl (C=O) groups is 1. The molecule has 0 spiro atoms. The van der Waals surface area contributed by atoms with E-state index in [1.165, 1.54) is 0 Å². The highest BCUT2D eigenvalue weighted by Gasteiger charge is 2.46. The molecule has 1 amide bonds. The van der Waals surface area contributed by atoms with Crippen molar-refractivity contribution in [3.63, 3.8) is 0 Å². The summed E-state index contributed by atoms with van der Waals surface area (Å²) in [5.41, 5.74) is 0.904. The maximum absolute atomic E-state index is 12.6. The van der Waals surface area contributed by atoms with Gasteiger partial charge in [-0.2, -0.15) is 0 Å². The van der Waals surface area contributed by atoms with E-state index in [1.807, 2.05) is 35.2 Å². The summed E-state index contributed by atoms with van der Waals surface area (Å²) < 4.78 is 0. The predicted octanol–water partition coefficient (Wildman–Crippen LogP) is 1.58. The van der Waals surface area contributed by atoms with Crippen molar-refractivity contribution in [2.24, 2.45) is 11.8 Å². The molecule has 4 heterocycles. The molecule has 4 rings (SSSR count). The number of rotatable bonds is 2. The zero-order chi connectivity index (χ0) is 14.2. The summed E-state index contributed by atoms with van der Waals surface area (Å²) in [6.45, 7) is 2.43. The summed E-state index contributed by atoms with van der Waals surface area (Å²) in [6, 6.07) is 9.72. The summed E-state index contributed by atoms with van der Waals surface area (Å²) in [5, 5.41) is 0. The van der Waals surface area contributed by atoms with E-state index in [-0.39, 0.29) is 11.8 Å². The van der Waals surface area contributed by atoms with Gasteiger partial charge in [0.2, 0.25) is 5.91 Å². The van der Waals surface area contributed by atoms with Gasteiger partial charge < -0.3 is 9.80 Å². The van der Waals surface area contributed by atoms with Crippen molar-refractivity contribution in [1.82, 2.24) is 9.97 Å². The highest BCUT2D eigenvalue weighted by atomic mass is 16.2. The van der Waals surface area contributed by atoms with E-state index < -0.39 is 0 Å². The summed E-state index contributed by atoms with van der Waals surface area (Å²) >= 11 is 0. The predicted molar refractivity (Wildman–Crippen MR) is 80.0 cm³/mol. The molecule has 0 radical (unpaired) electrons. The number of pyridine rings is 2. The summed E-state index contributed by atoms with van der Waals surface area (Å²) in [4.78, 5) is 25.2. The van der Waals surface area contributed by atoms with Gasteiger partial charge >= 0.3 is 0 Å². The van der Waals surface area contributed by atoms with E-state index in [4.69, 9.17) is 0 Å². The molecule has 0 unspecified atom stereocenters. The molecule has 2 aliphatic heterocycles. The Kier molecular flexibility index (Phi) is 2.84. The number of aromatic nitrogens is 2. The fourth-order valence-corrected chi connectivity index (χ4v) is 3.33. The average molecular weight is 280 g/mol. The number of anilines is 2. The Hall–Kier alpha value is -2.43. The molecule has 0 saturated carbocycles. The second-order valence-electron chi connectivity index (χ2n) is 5.62. The van der Waals surface area contributed by atoms with Gasteiger partial charge in [0.05, 0.1) is 17.8 Å². The first-order valence-corrected chi connectivity index (χ1v) is 7.20. The third kappa shape index (κ3) is 2.05. The van der Waals surface area contributed by atoms with Crippen molar-refractivity contribution in [3.05, 3.63) is 48.9 Å². The lowest BCUT2D eigenvalue weighted by molar-refractivity contribution is -0.120. The zero-order valence-corrected chi connectivity index (χ0v) is 11.6. The molecule has 2 saturated heterocycles.